The maximum atomic E-state index is 11.6. The van der Waals surface area contributed by atoms with Crippen LogP contribution in [-0.2, 0) is 9.68 Å². The van der Waals surface area contributed by atoms with E-state index in [9.17, 15) is 4.79 Å². The van der Waals surface area contributed by atoms with E-state index >= 15 is 0 Å². The van der Waals surface area contributed by atoms with Crippen LogP contribution >= 0.6 is 11.6 Å². The zero-order valence-corrected chi connectivity index (χ0v) is 10.1. The Kier molecular flexibility index (Phi) is 5.25. The second-order valence-corrected chi connectivity index (χ2v) is 3.29. The largest absolute Gasteiger partial charge is 0.398 e. The molecule has 0 aliphatic heterocycles. The van der Waals surface area contributed by atoms with Gasteiger partial charge < -0.3 is 10.2 Å². The lowest BCUT2D eigenvalue weighted by atomic mass is 10.3. The Morgan fingerprint density at radius 3 is 2.59 bits per heavy atom. The minimum Gasteiger partial charge on any atom is -0.398 e. The van der Waals surface area contributed by atoms with E-state index in [-0.39, 0.29) is 0 Å². The third-order valence-corrected chi connectivity index (χ3v) is 2.00. The van der Waals surface area contributed by atoms with Gasteiger partial charge in [0.05, 0.1) is 7.11 Å². The van der Waals surface area contributed by atoms with Gasteiger partial charge in [-0.2, -0.15) is 5.06 Å². The molecule has 0 unspecified atom stereocenters. The molecule has 17 heavy (non-hydrogen) atoms. The van der Waals surface area contributed by atoms with Crippen LogP contribution in [0.4, 0.5) is 10.5 Å². The first-order valence-corrected chi connectivity index (χ1v) is 5.01. The number of anilines is 1. The number of hydrogen-bond acceptors (Lipinski definition) is 4. The normalized spacial score (nSPS) is 10.3. The van der Waals surface area contributed by atoms with Crippen LogP contribution in [0.5, 0.6) is 0 Å². The minimum atomic E-state index is -0.504. The summed E-state index contributed by atoms with van der Waals surface area (Å²) < 4.78 is 0. The number of urea groups is 1. The van der Waals surface area contributed by atoms with Gasteiger partial charge in [-0.15, -0.1) is 0 Å². The van der Waals surface area contributed by atoms with Crippen molar-refractivity contribution in [3.63, 3.8) is 0 Å². The highest BCUT2D eigenvalue weighted by molar-refractivity contribution is 6.30. The molecular weight excluding hydrogens is 246 g/mol. The second kappa shape index (κ2) is 6.72. The molecule has 0 bridgehead atoms. The Labute approximate surface area is 104 Å². The summed E-state index contributed by atoms with van der Waals surface area (Å²) in [6.07, 6.45) is 1.10. The number of oxime groups is 1. The van der Waals surface area contributed by atoms with E-state index in [1.165, 1.54) is 14.2 Å². The van der Waals surface area contributed by atoms with Crippen LogP contribution in [-0.4, -0.2) is 31.7 Å². The van der Waals surface area contributed by atoms with Gasteiger partial charge in [0.15, 0.2) is 6.34 Å². The molecule has 0 atom stereocenters. The number of carbonyl (C=O) groups excluding carboxylic acids is 1. The molecular formula is C10H12ClN3O3. The first-order valence-electron chi connectivity index (χ1n) is 4.64. The predicted octanol–water partition coefficient (Wildman–Crippen LogP) is 2.33. The Bertz CT molecular complexity index is 394. The van der Waals surface area contributed by atoms with Crippen LogP contribution in [0.1, 0.15) is 0 Å². The molecule has 0 aliphatic carbocycles. The fourth-order valence-corrected chi connectivity index (χ4v) is 1.11. The van der Waals surface area contributed by atoms with Gasteiger partial charge in [0.1, 0.15) is 7.11 Å². The fraction of sp³-hybridized carbons (Fsp3) is 0.200. The summed E-state index contributed by atoms with van der Waals surface area (Å²) >= 11 is 5.72. The van der Waals surface area contributed by atoms with Crippen molar-refractivity contribution in [3.8, 4) is 0 Å². The van der Waals surface area contributed by atoms with Crippen molar-refractivity contribution in [3.05, 3.63) is 29.3 Å². The van der Waals surface area contributed by atoms with Crippen molar-refractivity contribution >= 4 is 29.7 Å². The molecule has 0 saturated carbocycles. The zero-order chi connectivity index (χ0) is 12.7. The average Bonchev–Trinajstić information content (AvgIpc) is 2.33. The highest BCUT2D eigenvalue weighted by Gasteiger charge is 2.10. The van der Waals surface area contributed by atoms with Crippen molar-refractivity contribution in [2.75, 3.05) is 19.5 Å². The number of rotatable bonds is 4. The SMILES string of the molecule is CO/N=C\N(OC)C(=O)Nc1ccc(Cl)cc1. The maximum absolute atomic E-state index is 11.6. The first-order chi connectivity index (χ1) is 8.17. The number of halogens is 1. The summed E-state index contributed by atoms with van der Waals surface area (Å²) in [4.78, 5) is 20.9. The summed E-state index contributed by atoms with van der Waals surface area (Å²) in [5.41, 5.74) is 0.590. The van der Waals surface area contributed by atoms with Gasteiger partial charge in [0.25, 0.3) is 0 Å². The lowest BCUT2D eigenvalue weighted by molar-refractivity contribution is -0.0176. The Balaban J connectivity index is 2.63. The molecule has 1 N–H and O–H groups in total. The number of amides is 2. The Morgan fingerprint density at radius 2 is 2.06 bits per heavy atom. The van der Waals surface area contributed by atoms with Crippen LogP contribution < -0.4 is 5.32 Å². The number of hydroxylamine groups is 2. The highest BCUT2D eigenvalue weighted by atomic mass is 35.5. The van der Waals surface area contributed by atoms with Crippen LogP contribution in [0.3, 0.4) is 0 Å². The van der Waals surface area contributed by atoms with Crippen molar-refractivity contribution in [2.45, 2.75) is 0 Å². The van der Waals surface area contributed by atoms with Crippen LogP contribution in [0.25, 0.3) is 0 Å². The third kappa shape index (κ3) is 4.29. The molecule has 0 heterocycles. The molecule has 0 fully saturated rings. The summed E-state index contributed by atoms with van der Waals surface area (Å²) in [5, 5.41) is 7.48. The quantitative estimate of drug-likeness (QED) is 0.511. The number of nitrogens with zero attached hydrogens (tertiary/aromatic N) is 2. The molecule has 7 heteroatoms. The minimum absolute atomic E-state index is 0.504. The molecule has 0 spiro atoms. The Hall–Kier alpha value is -1.79. The number of hydrogen-bond donors (Lipinski definition) is 1. The second-order valence-electron chi connectivity index (χ2n) is 2.85. The summed E-state index contributed by atoms with van der Waals surface area (Å²) in [6, 6.07) is 6.16. The predicted molar refractivity (Wildman–Crippen MR) is 64.8 cm³/mol. The molecule has 0 aliphatic rings. The molecule has 0 aromatic heterocycles. The van der Waals surface area contributed by atoms with Crippen molar-refractivity contribution < 1.29 is 14.5 Å². The van der Waals surface area contributed by atoms with E-state index in [1.54, 1.807) is 24.3 Å². The topological polar surface area (TPSA) is 63.2 Å². The smallest absolute Gasteiger partial charge is 0.351 e. The van der Waals surface area contributed by atoms with Crippen molar-refractivity contribution in [1.29, 1.82) is 0 Å². The average molecular weight is 258 g/mol. The highest BCUT2D eigenvalue weighted by Crippen LogP contribution is 2.13. The van der Waals surface area contributed by atoms with Gasteiger partial charge in [0, 0.05) is 10.7 Å². The molecule has 92 valence electrons. The lowest BCUT2D eigenvalue weighted by Crippen LogP contribution is -2.32. The lowest BCUT2D eigenvalue weighted by Gasteiger charge is -2.14. The number of nitrogens with one attached hydrogen (secondary N) is 1. The van der Waals surface area contributed by atoms with E-state index in [0.29, 0.717) is 10.7 Å². The fourth-order valence-electron chi connectivity index (χ4n) is 0.984. The van der Waals surface area contributed by atoms with Gasteiger partial charge in [-0.05, 0) is 24.3 Å². The van der Waals surface area contributed by atoms with Crippen LogP contribution in [0.15, 0.2) is 29.4 Å². The van der Waals surface area contributed by atoms with E-state index in [1.807, 2.05) is 0 Å². The Morgan fingerprint density at radius 1 is 1.41 bits per heavy atom. The monoisotopic (exact) mass is 257 g/mol. The van der Waals surface area contributed by atoms with Crippen LogP contribution in [0.2, 0.25) is 5.02 Å². The maximum Gasteiger partial charge on any atom is 0.351 e. The molecule has 0 radical (unpaired) electrons. The summed E-state index contributed by atoms with van der Waals surface area (Å²) in [6.45, 7) is 0. The van der Waals surface area contributed by atoms with Crippen molar-refractivity contribution in [2.24, 2.45) is 5.16 Å². The van der Waals surface area contributed by atoms with Gasteiger partial charge >= 0.3 is 6.03 Å². The summed E-state index contributed by atoms with van der Waals surface area (Å²) in [5.74, 6) is 0. The molecule has 6 nitrogen and oxygen atoms in total. The van der Waals surface area contributed by atoms with Crippen LogP contribution in [0, 0.1) is 0 Å². The third-order valence-electron chi connectivity index (χ3n) is 1.75. The standard InChI is InChI=1S/C10H12ClN3O3/c1-16-12-7-14(17-2)10(15)13-9-5-3-8(11)4-6-9/h3-7H,1-2H3,(H,13,15)/b12-7-. The van der Waals surface area contributed by atoms with Gasteiger partial charge in [-0.3, -0.25) is 4.84 Å². The van der Waals surface area contributed by atoms with E-state index < -0.39 is 6.03 Å². The molecule has 1 aromatic rings. The molecule has 1 rings (SSSR count). The van der Waals surface area contributed by atoms with Gasteiger partial charge in [0.2, 0.25) is 0 Å². The summed E-state index contributed by atoms with van der Waals surface area (Å²) in [7, 11) is 2.70. The molecule has 2 amide bonds. The molecule has 1 aromatic carbocycles. The first kappa shape index (κ1) is 13.3. The number of benzene rings is 1. The van der Waals surface area contributed by atoms with E-state index in [0.717, 1.165) is 11.4 Å². The van der Waals surface area contributed by atoms with Crippen molar-refractivity contribution in [1.82, 2.24) is 5.06 Å². The molecule has 0 saturated heterocycles. The van der Waals surface area contributed by atoms with E-state index in [4.69, 9.17) is 16.4 Å². The van der Waals surface area contributed by atoms with Gasteiger partial charge in [-0.1, -0.05) is 16.8 Å². The van der Waals surface area contributed by atoms with Gasteiger partial charge in [-0.25, -0.2) is 4.79 Å². The zero-order valence-electron chi connectivity index (χ0n) is 9.38. The number of carbonyl (C=O) groups is 1. The van der Waals surface area contributed by atoms with E-state index in [2.05, 4.69) is 15.3 Å².